The highest BCUT2D eigenvalue weighted by Crippen LogP contribution is 2.17. The van der Waals surface area contributed by atoms with Crippen molar-refractivity contribution in [1.29, 1.82) is 0 Å². The van der Waals surface area contributed by atoms with Crippen LogP contribution in [0.4, 0.5) is 0 Å². The fourth-order valence-corrected chi connectivity index (χ4v) is 7.82. The largest absolute Gasteiger partial charge is 0.462 e. The van der Waals surface area contributed by atoms with Crippen LogP contribution in [0.1, 0.15) is 271 Å². The summed E-state index contributed by atoms with van der Waals surface area (Å²) < 4.78 is 10.7. The Kier molecular flexibility index (Phi) is 50.9. The van der Waals surface area contributed by atoms with Crippen molar-refractivity contribution >= 4 is 11.9 Å². The molecule has 360 valence electrons. The SMILES string of the molecule is CC/C=C\C/C=C\C/C=C\C/C=C\C/C=C\CCCCCCCCCCCCCCCCCCCCCC(=O)OC(CO)COC(=O)CCCCCCCCCCCCCCC. The van der Waals surface area contributed by atoms with Crippen LogP contribution in [0.3, 0.4) is 0 Å². The Bertz CT molecular complexity index is 1070. The summed E-state index contributed by atoms with van der Waals surface area (Å²) in [5, 5.41) is 9.61. The van der Waals surface area contributed by atoms with Crippen molar-refractivity contribution in [3.05, 3.63) is 60.8 Å². The zero-order valence-electron chi connectivity index (χ0n) is 41.1. The first-order chi connectivity index (χ1) is 30.6. The number of carbonyl (C=O) groups is 2. The minimum atomic E-state index is -0.768. The smallest absolute Gasteiger partial charge is 0.306 e. The number of esters is 2. The van der Waals surface area contributed by atoms with Gasteiger partial charge in [-0.1, -0.05) is 261 Å². The third-order valence-electron chi connectivity index (χ3n) is 11.8. The van der Waals surface area contributed by atoms with Crippen LogP contribution in [-0.4, -0.2) is 36.4 Å². The van der Waals surface area contributed by atoms with E-state index in [1.807, 2.05) is 0 Å². The molecule has 0 aliphatic carbocycles. The molecule has 1 unspecified atom stereocenters. The summed E-state index contributed by atoms with van der Waals surface area (Å²) in [5.41, 5.74) is 0. The molecule has 5 nitrogen and oxygen atoms in total. The lowest BCUT2D eigenvalue weighted by atomic mass is 10.0. The van der Waals surface area contributed by atoms with E-state index < -0.39 is 6.10 Å². The van der Waals surface area contributed by atoms with Crippen LogP contribution < -0.4 is 0 Å². The molecule has 0 bridgehead atoms. The summed E-state index contributed by atoms with van der Waals surface area (Å²) in [6, 6.07) is 0. The van der Waals surface area contributed by atoms with E-state index in [1.54, 1.807) is 0 Å². The lowest BCUT2D eigenvalue weighted by Gasteiger charge is -2.15. The first kappa shape index (κ1) is 59.6. The Morgan fingerprint density at radius 2 is 0.694 bits per heavy atom. The maximum absolute atomic E-state index is 12.3. The monoisotopic (exact) mass is 867 g/mol. The molecule has 0 aromatic rings. The molecule has 0 aromatic carbocycles. The van der Waals surface area contributed by atoms with E-state index in [-0.39, 0.29) is 25.2 Å². The molecule has 0 spiro atoms. The topological polar surface area (TPSA) is 72.8 Å². The number of ether oxygens (including phenoxy) is 2. The highest BCUT2D eigenvalue weighted by atomic mass is 16.6. The van der Waals surface area contributed by atoms with Crippen LogP contribution in [0.2, 0.25) is 0 Å². The van der Waals surface area contributed by atoms with Gasteiger partial charge in [0.15, 0.2) is 6.10 Å². The van der Waals surface area contributed by atoms with Gasteiger partial charge in [0.2, 0.25) is 0 Å². The molecule has 0 saturated heterocycles. The summed E-state index contributed by atoms with van der Waals surface area (Å²) in [7, 11) is 0. The number of aliphatic hydroxyl groups excluding tert-OH is 1. The van der Waals surface area contributed by atoms with Crippen molar-refractivity contribution < 1.29 is 24.2 Å². The molecule has 0 amide bonds. The van der Waals surface area contributed by atoms with Gasteiger partial charge in [-0.3, -0.25) is 9.59 Å². The molecule has 0 rings (SSSR count). The van der Waals surface area contributed by atoms with Gasteiger partial charge in [-0.05, 0) is 57.8 Å². The zero-order chi connectivity index (χ0) is 44.9. The lowest BCUT2D eigenvalue weighted by Crippen LogP contribution is -2.28. The number of hydrogen-bond donors (Lipinski definition) is 1. The Labute approximate surface area is 385 Å². The molecule has 1 atom stereocenters. The number of unbranched alkanes of at least 4 members (excludes halogenated alkanes) is 31. The van der Waals surface area contributed by atoms with Crippen LogP contribution in [0.25, 0.3) is 0 Å². The third-order valence-corrected chi connectivity index (χ3v) is 11.8. The minimum absolute atomic E-state index is 0.0613. The van der Waals surface area contributed by atoms with E-state index in [2.05, 4.69) is 74.6 Å². The van der Waals surface area contributed by atoms with Crippen LogP contribution >= 0.6 is 0 Å². The van der Waals surface area contributed by atoms with Crippen molar-refractivity contribution in [3.8, 4) is 0 Å². The van der Waals surface area contributed by atoms with Gasteiger partial charge in [-0.2, -0.15) is 0 Å². The molecule has 0 aromatic heterocycles. The van der Waals surface area contributed by atoms with E-state index in [4.69, 9.17) is 9.47 Å². The zero-order valence-corrected chi connectivity index (χ0v) is 41.1. The predicted molar refractivity (Wildman–Crippen MR) is 270 cm³/mol. The van der Waals surface area contributed by atoms with Gasteiger partial charge in [-0.25, -0.2) is 0 Å². The number of aliphatic hydroxyl groups is 1. The second-order valence-corrected chi connectivity index (χ2v) is 17.9. The molecule has 0 heterocycles. The van der Waals surface area contributed by atoms with Gasteiger partial charge < -0.3 is 14.6 Å². The second kappa shape index (κ2) is 52.9. The van der Waals surface area contributed by atoms with E-state index in [9.17, 15) is 14.7 Å². The standard InChI is InChI=1S/C57H102O5/c1-3-5-7-9-11-13-15-17-18-19-20-21-22-23-24-25-26-27-28-29-30-31-32-33-34-35-36-37-38-40-42-44-46-48-50-52-57(60)62-55(53-58)54-61-56(59)51-49-47-45-43-41-39-16-14-12-10-8-6-4-2/h5,7,11,13,17-18,20-21,23-24,55,58H,3-4,6,8-10,12,14-16,19,22,25-54H2,1-2H3/b7-5-,13-11-,18-17-,21-20-,24-23-. The van der Waals surface area contributed by atoms with E-state index in [1.165, 1.54) is 173 Å². The molecule has 5 heteroatoms. The Morgan fingerprint density at radius 1 is 0.387 bits per heavy atom. The van der Waals surface area contributed by atoms with Crippen molar-refractivity contribution in [3.63, 3.8) is 0 Å². The molecular weight excluding hydrogens is 765 g/mol. The van der Waals surface area contributed by atoms with Crippen molar-refractivity contribution in [2.24, 2.45) is 0 Å². The third kappa shape index (κ3) is 50.2. The maximum atomic E-state index is 12.3. The number of hydrogen-bond acceptors (Lipinski definition) is 5. The van der Waals surface area contributed by atoms with Crippen molar-refractivity contribution in [1.82, 2.24) is 0 Å². The number of allylic oxidation sites excluding steroid dienone is 10. The second-order valence-electron chi connectivity index (χ2n) is 17.9. The van der Waals surface area contributed by atoms with Gasteiger partial charge in [0.25, 0.3) is 0 Å². The Hall–Kier alpha value is -2.40. The number of carbonyl (C=O) groups excluding carboxylic acids is 2. The van der Waals surface area contributed by atoms with Crippen molar-refractivity contribution in [2.75, 3.05) is 13.2 Å². The van der Waals surface area contributed by atoms with Gasteiger partial charge in [0, 0.05) is 12.8 Å². The van der Waals surface area contributed by atoms with Crippen LogP contribution in [0.15, 0.2) is 60.8 Å². The average Bonchev–Trinajstić information content (AvgIpc) is 3.28. The van der Waals surface area contributed by atoms with Crippen molar-refractivity contribution in [2.45, 2.75) is 277 Å². The summed E-state index contributed by atoms with van der Waals surface area (Å²) >= 11 is 0. The Balaban J connectivity index is 3.43. The van der Waals surface area contributed by atoms with Gasteiger partial charge in [0.1, 0.15) is 6.61 Å². The molecule has 0 aliphatic rings. The molecule has 62 heavy (non-hydrogen) atoms. The van der Waals surface area contributed by atoms with E-state index in [0.29, 0.717) is 12.8 Å². The van der Waals surface area contributed by atoms with E-state index >= 15 is 0 Å². The molecule has 0 fully saturated rings. The van der Waals surface area contributed by atoms with Crippen LogP contribution in [-0.2, 0) is 19.1 Å². The van der Waals surface area contributed by atoms with Crippen LogP contribution in [0, 0.1) is 0 Å². The Morgan fingerprint density at radius 3 is 1.05 bits per heavy atom. The predicted octanol–water partition coefficient (Wildman–Crippen LogP) is 17.9. The molecule has 0 aliphatic heterocycles. The quantitative estimate of drug-likeness (QED) is 0.0375. The summed E-state index contributed by atoms with van der Waals surface area (Å²) in [6.45, 7) is 4.05. The van der Waals surface area contributed by atoms with Gasteiger partial charge >= 0.3 is 11.9 Å². The highest BCUT2D eigenvalue weighted by Gasteiger charge is 2.16. The molecule has 1 N–H and O–H groups in total. The summed E-state index contributed by atoms with van der Waals surface area (Å²) in [6.07, 6.45) is 70.5. The fourth-order valence-electron chi connectivity index (χ4n) is 7.82. The van der Waals surface area contributed by atoms with Gasteiger partial charge in [-0.15, -0.1) is 0 Å². The summed E-state index contributed by atoms with van der Waals surface area (Å²) in [5.74, 6) is -0.578. The summed E-state index contributed by atoms with van der Waals surface area (Å²) in [4.78, 5) is 24.4. The van der Waals surface area contributed by atoms with E-state index in [0.717, 1.165) is 70.6 Å². The van der Waals surface area contributed by atoms with Gasteiger partial charge in [0.05, 0.1) is 6.61 Å². The molecule has 0 saturated carbocycles. The molecule has 0 radical (unpaired) electrons. The maximum Gasteiger partial charge on any atom is 0.306 e. The first-order valence-corrected chi connectivity index (χ1v) is 26.8. The highest BCUT2D eigenvalue weighted by molar-refractivity contribution is 5.70. The fraction of sp³-hybridized carbons (Fsp3) is 0.789. The minimum Gasteiger partial charge on any atom is -0.462 e. The average molecular weight is 867 g/mol. The lowest BCUT2D eigenvalue weighted by molar-refractivity contribution is -0.161. The van der Waals surface area contributed by atoms with Crippen LogP contribution in [0.5, 0.6) is 0 Å². The first-order valence-electron chi connectivity index (χ1n) is 26.8. The number of rotatable bonds is 49. The normalized spacial score (nSPS) is 12.6. The molecular formula is C57H102O5.